The smallest absolute Gasteiger partial charge is 0.327 e. The molecule has 1 saturated heterocycles. The van der Waals surface area contributed by atoms with Crippen LogP contribution in [0.3, 0.4) is 0 Å². The molecule has 0 radical (unpaired) electrons. The van der Waals surface area contributed by atoms with Gasteiger partial charge >= 0.3 is 5.97 Å². The molecule has 1 aliphatic rings. The number of carbonyl (C=O) groups is 2. The van der Waals surface area contributed by atoms with Gasteiger partial charge in [0.05, 0.1) is 11.4 Å². The largest absolute Gasteiger partial charge is 0.480 e. The van der Waals surface area contributed by atoms with Gasteiger partial charge in [-0.15, -0.1) is 11.8 Å². The van der Waals surface area contributed by atoms with Crippen molar-refractivity contribution in [1.82, 2.24) is 9.88 Å². The second-order valence-electron chi connectivity index (χ2n) is 3.52. The highest BCUT2D eigenvalue weighted by atomic mass is 79.9. The number of thioether (sulfide) groups is 1. The summed E-state index contributed by atoms with van der Waals surface area (Å²) in [4.78, 5) is 28.3. The summed E-state index contributed by atoms with van der Waals surface area (Å²) in [6.07, 6.45) is 3.01. The number of rotatable bonds is 2. The molecule has 0 aliphatic carbocycles. The van der Waals surface area contributed by atoms with Crippen LogP contribution in [-0.2, 0) is 4.79 Å². The maximum Gasteiger partial charge on any atom is 0.327 e. The number of aromatic nitrogens is 1. The molecule has 0 aromatic carbocycles. The van der Waals surface area contributed by atoms with Gasteiger partial charge in [-0.3, -0.25) is 9.78 Å². The van der Waals surface area contributed by atoms with Crippen molar-refractivity contribution >= 4 is 39.6 Å². The van der Waals surface area contributed by atoms with E-state index in [0.717, 1.165) is 0 Å². The molecule has 0 spiro atoms. The Kier molecular flexibility index (Phi) is 3.68. The lowest BCUT2D eigenvalue weighted by Gasteiger charge is -2.20. The van der Waals surface area contributed by atoms with E-state index in [1.165, 1.54) is 22.9 Å². The van der Waals surface area contributed by atoms with E-state index in [9.17, 15) is 9.59 Å². The lowest BCUT2D eigenvalue weighted by atomic mass is 10.2. The highest BCUT2D eigenvalue weighted by Crippen LogP contribution is 2.23. The fourth-order valence-corrected chi connectivity index (χ4v) is 3.05. The van der Waals surface area contributed by atoms with Gasteiger partial charge in [0, 0.05) is 22.6 Å². The van der Waals surface area contributed by atoms with Gasteiger partial charge in [-0.25, -0.2) is 4.79 Å². The van der Waals surface area contributed by atoms with Gasteiger partial charge in [0.1, 0.15) is 6.04 Å². The Morgan fingerprint density at radius 2 is 2.29 bits per heavy atom. The number of hydrogen-bond donors (Lipinski definition) is 1. The molecular formula is C10H9BrN2O3S. The number of nitrogens with zero attached hydrogens (tertiary/aromatic N) is 2. The van der Waals surface area contributed by atoms with Crippen molar-refractivity contribution in [3.63, 3.8) is 0 Å². The van der Waals surface area contributed by atoms with Crippen LogP contribution in [0.2, 0.25) is 0 Å². The number of pyridine rings is 1. The molecule has 0 bridgehead atoms. The van der Waals surface area contributed by atoms with Crippen LogP contribution in [0.15, 0.2) is 22.9 Å². The second-order valence-corrected chi connectivity index (χ2v) is 5.44. The quantitative estimate of drug-likeness (QED) is 0.894. The molecule has 0 saturated carbocycles. The van der Waals surface area contributed by atoms with Crippen molar-refractivity contribution in [2.45, 2.75) is 6.04 Å². The van der Waals surface area contributed by atoms with Crippen molar-refractivity contribution in [2.24, 2.45) is 0 Å². The summed E-state index contributed by atoms with van der Waals surface area (Å²) in [6.45, 7) is 0. The van der Waals surface area contributed by atoms with Gasteiger partial charge < -0.3 is 10.0 Å². The first kappa shape index (κ1) is 12.4. The lowest BCUT2D eigenvalue weighted by Crippen LogP contribution is -2.41. The number of amides is 1. The summed E-state index contributed by atoms with van der Waals surface area (Å²) in [5, 5.41) is 9.00. The zero-order valence-electron chi connectivity index (χ0n) is 8.67. The monoisotopic (exact) mass is 316 g/mol. The van der Waals surface area contributed by atoms with Gasteiger partial charge in [-0.1, -0.05) is 0 Å². The molecule has 1 fully saturated rings. The summed E-state index contributed by atoms with van der Waals surface area (Å²) in [7, 11) is 0. The third-order valence-corrected chi connectivity index (χ3v) is 3.83. The second kappa shape index (κ2) is 5.05. The molecule has 1 N–H and O–H groups in total. The Morgan fingerprint density at radius 3 is 2.94 bits per heavy atom. The van der Waals surface area contributed by atoms with Gasteiger partial charge in [-0.2, -0.15) is 0 Å². The summed E-state index contributed by atoms with van der Waals surface area (Å²) >= 11 is 4.67. The molecular weight excluding hydrogens is 308 g/mol. The third-order valence-electron chi connectivity index (χ3n) is 2.38. The van der Waals surface area contributed by atoms with Gasteiger partial charge in [0.2, 0.25) is 0 Å². The molecule has 17 heavy (non-hydrogen) atoms. The summed E-state index contributed by atoms with van der Waals surface area (Å²) < 4.78 is 0.696. The summed E-state index contributed by atoms with van der Waals surface area (Å²) in [5.74, 6) is -0.423. The van der Waals surface area contributed by atoms with Gasteiger partial charge in [-0.05, 0) is 22.0 Å². The van der Waals surface area contributed by atoms with E-state index in [1.807, 2.05) is 0 Å². The highest BCUT2D eigenvalue weighted by Gasteiger charge is 2.35. The van der Waals surface area contributed by atoms with Crippen LogP contribution >= 0.6 is 27.7 Å². The maximum atomic E-state index is 12.1. The zero-order chi connectivity index (χ0) is 12.4. The average molecular weight is 317 g/mol. The molecule has 1 aromatic rings. The minimum atomic E-state index is -0.966. The van der Waals surface area contributed by atoms with E-state index in [2.05, 4.69) is 20.9 Å². The SMILES string of the molecule is O=C(O)C1CSCN1C(=O)c1cncc(Br)c1. The minimum absolute atomic E-state index is 0.295. The van der Waals surface area contributed by atoms with E-state index >= 15 is 0 Å². The Hall–Kier alpha value is -1.08. The third kappa shape index (κ3) is 2.61. The van der Waals surface area contributed by atoms with E-state index < -0.39 is 12.0 Å². The Balaban J connectivity index is 2.23. The van der Waals surface area contributed by atoms with Crippen LogP contribution in [0.25, 0.3) is 0 Å². The number of carboxylic acids is 1. The van der Waals surface area contributed by atoms with Gasteiger partial charge in [0.25, 0.3) is 5.91 Å². The van der Waals surface area contributed by atoms with Crippen LogP contribution in [0.5, 0.6) is 0 Å². The van der Waals surface area contributed by atoms with Crippen molar-refractivity contribution in [1.29, 1.82) is 0 Å². The molecule has 1 aromatic heterocycles. The fraction of sp³-hybridized carbons (Fsp3) is 0.300. The van der Waals surface area contributed by atoms with Crippen LogP contribution in [-0.4, -0.2) is 44.5 Å². The Morgan fingerprint density at radius 1 is 1.53 bits per heavy atom. The first-order chi connectivity index (χ1) is 8.09. The van der Waals surface area contributed by atoms with Crippen LogP contribution < -0.4 is 0 Å². The Labute approximate surface area is 110 Å². The van der Waals surface area contributed by atoms with E-state index in [0.29, 0.717) is 21.7 Å². The highest BCUT2D eigenvalue weighted by molar-refractivity contribution is 9.10. The molecule has 7 heteroatoms. The first-order valence-electron chi connectivity index (χ1n) is 4.81. The average Bonchev–Trinajstić information content (AvgIpc) is 2.77. The van der Waals surface area contributed by atoms with Gasteiger partial charge in [0.15, 0.2) is 0 Å². The molecule has 2 heterocycles. The summed E-state index contributed by atoms with van der Waals surface area (Å²) in [6, 6.07) is 0.892. The molecule has 2 rings (SSSR count). The van der Waals surface area contributed by atoms with Crippen molar-refractivity contribution in [2.75, 3.05) is 11.6 Å². The lowest BCUT2D eigenvalue weighted by molar-refractivity contribution is -0.140. The van der Waals surface area contributed by atoms with Crippen molar-refractivity contribution in [3.8, 4) is 0 Å². The molecule has 1 amide bonds. The fourth-order valence-electron chi connectivity index (χ4n) is 1.54. The van der Waals surface area contributed by atoms with E-state index in [1.54, 1.807) is 12.3 Å². The van der Waals surface area contributed by atoms with Crippen LogP contribution in [0.4, 0.5) is 0 Å². The molecule has 1 atom stereocenters. The topological polar surface area (TPSA) is 70.5 Å². The molecule has 1 aliphatic heterocycles. The van der Waals surface area contributed by atoms with Crippen LogP contribution in [0, 0.1) is 0 Å². The number of carbonyl (C=O) groups excluding carboxylic acids is 1. The number of halogens is 1. The standard InChI is InChI=1S/C10H9BrN2O3S/c11-7-1-6(2-12-3-7)9(14)13-5-17-4-8(13)10(15)16/h1-3,8H,4-5H2,(H,15,16). The van der Waals surface area contributed by atoms with Crippen molar-refractivity contribution in [3.05, 3.63) is 28.5 Å². The number of hydrogen-bond acceptors (Lipinski definition) is 4. The first-order valence-corrected chi connectivity index (χ1v) is 6.76. The van der Waals surface area contributed by atoms with Crippen LogP contribution in [0.1, 0.15) is 10.4 Å². The Bertz CT molecular complexity index is 469. The maximum absolute atomic E-state index is 12.1. The number of carboxylic acid groups (broad SMARTS) is 1. The molecule has 90 valence electrons. The predicted octanol–water partition coefficient (Wildman–Crippen LogP) is 1.44. The van der Waals surface area contributed by atoms with Crippen molar-refractivity contribution < 1.29 is 14.7 Å². The number of aliphatic carboxylic acids is 1. The molecule has 1 unspecified atom stereocenters. The summed E-state index contributed by atoms with van der Waals surface area (Å²) in [5.41, 5.74) is 0.396. The molecule has 5 nitrogen and oxygen atoms in total. The minimum Gasteiger partial charge on any atom is -0.480 e. The normalized spacial score (nSPS) is 19.4. The van der Waals surface area contributed by atoms with E-state index in [4.69, 9.17) is 5.11 Å². The zero-order valence-corrected chi connectivity index (χ0v) is 11.1. The predicted molar refractivity (Wildman–Crippen MR) is 66.9 cm³/mol. The van der Waals surface area contributed by atoms with E-state index in [-0.39, 0.29) is 5.91 Å².